The molecule has 0 radical (unpaired) electrons. The number of hydrogen-bond acceptors (Lipinski definition) is 13. The second-order valence-electron chi connectivity index (χ2n) is 29.1. The topological polar surface area (TPSA) is 211 Å². The minimum atomic E-state index is -1.01. The summed E-state index contributed by atoms with van der Waals surface area (Å²) in [6.07, 6.45) is 19.9. The van der Waals surface area contributed by atoms with Crippen molar-refractivity contribution in [3.63, 3.8) is 0 Å². The molecular weight excluding hydrogens is 1300 g/mol. The van der Waals surface area contributed by atoms with Gasteiger partial charge in [0.25, 0.3) is 0 Å². The molecule has 3 aliphatic heterocycles. The Kier molecular flexibility index (Phi) is 24.9. The zero-order valence-corrected chi connectivity index (χ0v) is 59.1. The van der Waals surface area contributed by atoms with Crippen molar-refractivity contribution in [2.45, 2.75) is 203 Å². The first kappa shape index (κ1) is 71.3. The molecule has 2 unspecified atom stereocenters. The molecule has 526 valence electrons. The number of ether oxygens (including phenoxy) is 2. The van der Waals surface area contributed by atoms with Crippen molar-refractivity contribution in [2.75, 3.05) is 52.4 Å². The number of piperazine rings is 2. The van der Waals surface area contributed by atoms with Crippen molar-refractivity contribution in [1.29, 1.82) is 0 Å². The van der Waals surface area contributed by atoms with Crippen LogP contribution in [0, 0.1) is 17.3 Å². The van der Waals surface area contributed by atoms with Crippen molar-refractivity contribution in [3.8, 4) is 11.5 Å². The molecule has 7 aliphatic rings. The van der Waals surface area contributed by atoms with Gasteiger partial charge in [-0.05, 0) is 152 Å². The fraction of sp³-hybridized carbons (Fsp3) is 0.558. The van der Waals surface area contributed by atoms with Gasteiger partial charge in [-0.15, -0.1) is 11.3 Å². The van der Waals surface area contributed by atoms with Crippen LogP contribution in [-0.2, 0) is 45.4 Å². The highest BCUT2D eigenvalue weighted by atomic mass is 35.5. The lowest BCUT2D eigenvalue weighted by molar-refractivity contribution is -0.145. The molecule has 98 heavy (non-hydrogen) atoms. The molecule has 7 fully saturated rings. The van der Waals surface area contributed by atoms with E-state index in [1.54, 1.807) is 56.4 Å². The van der Waals surface area contributed by atoms with E-state index in [2.05, 4.69) is 56.5 Å². The molecule has 4 saturated carbocycles. The van der Waals surface area contributed by atoms with Gasteiger partial charge in [-0.2, -0.15) is 0 Å². The third-order valence-electron chi connectivity index (χ3n) is 22.4. The van der Waals surface area contributed by atoms with E-state index in [1.165, 1.54) is 23.3 Å². The van der Waals surface area contributed by atoms with Gasteiger partial charge in [0.15, 0.2) is 11.5 Å². The van der Waals surface area contributed by atoms with E-state index in [1.807, 2.05) is 53.9 Å². The molecule has 0 bridgehead atoms. The summed E-state index contributed by atoms with van der Waals surface area (Å²) < 4.78 is 12.0. The molecule has 5 aromatic rings. The molecule has 21 heteroatoms. The van der Waals surface area contributed by atoms with E-state index in [9.17, 15) is 19.2 Å². The standard InChI is InChI=1S/C77H100Cl2N10O8S/c78-63-23-10-11-24-69(63)96-75(94)86-37-39-88(67(50-86)71(90)81-47-56-27-25-55(46-80)26-28-56)74(93)66(43-54-16-6-2-7-17-54)84-61-21-12-20-58(44-61)59-29-30-64(79)70(45-59)97-76(95)87-38-40-89(68(51-87)72(91)82-48-62-22-13-41-98-62)73(92)65(42-53-14-4-1-5-15-53)83-60-31-33-77(34-32-60)35-36-85(52-77)49-57-18-8-3-9-19-57/h3,8-11,13,18-19,22-30,41,45,53-54,58,60-61,65-68,83-84H,1-2,4-7,12,14-17,20-21,31-40,42-44,46-52,80H2,(H,81,90)(H,82,91)/t58?,60?,61?,65-,66-,67+,68+,77?/m1/s1. The summed E-state index contributed by atoms with van der Waals surface area (Å²) in [6, 6.07) is 31.8. The third kappa shape index (κ3) is 18.7. The third-order valence-corrected chi connectivity index (χ3v) is 23.9. The molecule has 1 aromatic heterocycles. The summed E-state index contributed by atoms with van der Waals surface area (Å²) in [4.78, 5) is 98.4. The Balaban J connectivity index is 0.714. The van der Waals surface area contributed by atoms with Crippen LogP contribution in [0.1, 0.15) is 168 Å². The van der Waals surface area contributed by atoms with Crippen molar-refractivity contribution in [1.82, 2.24) is 45.8 Å². The van der Waals surface area contributed by atoms with Gasteiger partial charge in [0.2, 0.25) is 23.6 Å². The number of carbonyl (C=O) groups excluding carboxylic acids is 6. The van der Waals surface area contributed by atoms with E-state index in [-0.39, 0.29) is 109 Å². The molecule has 4 heterocycles. The summed E-state index contributed by atoms with van der Waals surface area (Å²) in [7, 11) is 0. The number of amides is 6. The molecule has 12 rings (SSSR count). The van der Waals surface area contributed by atoms with Gasteiger partial charge in [-0.1, -0.05) is 173 Å². The highest BCUT2D eigenvalue weighted by Gasteiger charge is 2.46. The molecular formula is C77H100Cl2N10O8S. The number of thiophene rings is 1. The number of nitrogens with two attached hydrogens (primary N) is 1. The van der Waals surface area contributed by atoms with E-state index in [0.29, 0.717) is 43.2 Å². The predicted octanol–water partition coefficient (Wildman–Crippen LogP) is 12.6. The van der Waals surface area contributed by atoms with Crippen LogP contribution in [0.15, 0.2) is 115 Å². The van der Waals surface area contributed by atoms with Gasteiger partial charge in [-0.3, -0.25) is 24.1 Å². The zero-order chi connectivity index (χ0) is 68.0. The summed E-state index contributed by atoms with van der Waals surface area (Å²) in [5, 5.41) is 16.5. The highest BCUT2D eigenvalue weighted by molar-refractivity contribution is 7.09. The molecule has 4 aromatic carbocycles. The lowest BCUT2D eigenvalue weighted by Gasteiger charge is -2.43. The normalized spacial score (nSPS) is 24.2. The number of hydrogen-bond donors (Lipinski definition) is 5. The van der Waals surface area contributed by atoms with Crippen molar-refractivity contribution in [2.24, 2.45) is 23.0 Å². The van der Waals surface area contributed by atoms with Crippen LogP contribution in [0.25, 0.3) is 0 Å². The maximum Gasteiger partial charge on any atom is 0.415 e. The molecule has 1 spiro atoms. The molecule has 4 aliphatic carbocycles. The second kappa shape index (κ2) is 34.2. The Morgan fingerprint density at radius 2 is 1.13 bits per heavy atom. The van der Waals surface area contributed by atoms with Gasteiger partial charge < -0.3 is 56.1 Å². The first-order valence-corrected chi connectivity index (χ1v) is 38.1. The number of nitrogens with one attached hydrogen (secondary N) is 4. The Bertz CT molecular complexity index is 3480. The highest BCUT2D eigenvalue weighted by Crippen LogP contribution is 2.45. The number of halogens is 2. The summed E-state index contributed by atoms with van der Waals surface area (Å²) in [5.74, 6) is 0.254. The van der Waals surface area contributed by atoms with Crippen LogP contribution in [0.4, 0.5) is 9.59 Å². The van der Waals surface area contributed by atoms with Gasteiger partial charge in [0.05, 0.1) is 41.8 Å². The monoisotopic (exact) mass is 1390 g/mol. The van der Waals surface area contributed by atoms with E-state index in [0.717, 1.165) is 150 Å². The maximum absolute atomic E-state index is 15.4. The van der Waals surface area contributed by atoms with Crippen LogP contribution in [-0.4, -0.2) is 149 Å². The Hall–Kier alpha value is -6.58. The number of likely N-dealkylation sites (tertiary alicyclic amines) is 1. The minimum Gasteiger partial charge on any atom is -0.409 e. The number of benzene rings is 4. The van der Waals surface area contributed by atoms with Crippen LogP contribution in [0.2, 0.25) is 10.0 Å². The van der Waals surface area contributed by atoms with Crippen LogP contribution in [0.3, 0.4) is 0 Å². The van der Waals surface area contributed by atoms with Gasteiger partial charge in [0, 0.05) is 69.3 Å². The Labute approximate surface area is 592 Å². The number of para-hydroxylation sites is 1. The number of nitrogens with zero attached hydrogens (tertiary/aromatic N) is 5. The largest absolute Gasteiger partial charge is 0.415 e. The van der Waals surface area contributed by atoms with Crippen LogP contribution in [0.5, 0.6) is 11.5 Å². The predicted molar refractivity (Wildman–Crippen MR) is 384 cm³/mol. The quantitative estimate of drug-likeness (QED) is 0.0438. The van der Waals surface area contributed by atoms with Crippen molar-refractivity contribution in [3.05, 3.63) is 152 Å². The maximum atomic E-state index is 15.4. The van der Waals surface area contributed by atoms with Crippen LogP contribution >= 0.6 is 34.5 Å². The fourth-order valence-electron chi connectivity index (χ4n) is 16.8. The number of rotatable bonds is 22. The average molecular weight is 1400 g/mol. The molecule has 6 amide bonds. The summed E-state index contributed by atoms with van der Waals surface area (Å²) in [6.45, 7) is 4.61. The smallest absolute Gasteiger partial charge is 0.409 e. The van der Waals surface area contributed by atoms with Crippen molar-refractivity contribution < 1.29 is 38.2 Å². The first-order chi connectivity index (χ1) is 47.7. The molecule has 3 saturated heterocycles. The first-order valence-electron chi connectivity index (χ1n) is 36.4. The van der Waals surface area contributed by atoms with Crippen molar-refractivity contribution >= 4 is 70.4 Å². The molecule has 6 atom stereocenters. The van der Waals surface area contributed by atoms with E-state index < -0.39 is 36.4 Å². The lowest BCUT2D eigenvalue weighted by atomic mass is 9.71. The molecule has 18 nitrogen and oxygen atoms in total. The van der Waals surface area contributed by atoms with Gasteiger partial charge in [-0.25, -0.2) is 9.59 Å². The van der Waals surface area contributed by atoms with E-state index >= 15 is 9.59 Å². The second-order valence-corrected chi connectivity index (χ2v) is 30.9. The SMILES string of the molecule is NCc1ccc(CNC(=O)[C@@H]2CN(C(=O)Oc3ccccc3Cl)CCN2C(=O)[C@@H](CC2CCCCC2)NC2CCCC(c3ccc(Cl)c(OC(=O)N4CCN(C(=O)[C@@H](CC5CCCCC5)NC5CCC6(CC5)CCN(Cc5ccccc5)C6)[C@H](C(=O)NCc5cccs5)C4)c3)C2)cc1. The Morgan fingerprint density at radius 3 is 1.74 bits per heavy atom. The molecule has 6 N–H and O–H groups in total. The summed E-state index contributed by atoms with van der Waals surface area (Å²) in [5.41, 5.74) is 10.3. The zero-order valence-electron chi connectivity index (χ0n) is 56.7. The van der Waals surface area contributed by atoms with E-state index in [4.69, 9.17) is 38.4 Å². The van der Waals surface area contributed by atoms with Gasteiger partial charge in [0.1, 0.15) is 12.1 Å². The number of carbonyl (C=O) groups is 6. The summed E-state index contributed by atoms with van der Waals surface area (Å²) >= 11 is 14.9. The lowest BCUT2D eigenvalue weighted by Crippen LogP contribution is -2.65. The van der Waals surface area contributed by atoms with Gasteiger partial charge >= 0.3 is 12.2 Å². The Morgan fingerprint density at radius 1 is 0.551 bits per heavy atom. The average Bonchev–Trinajstić information content (AvgIpc) is 1.25. The minimum absolute atomic E-state index is 0.0281. The van der Waals surface area contributed by atoms with Crippen LogP contribution < -0.4 is 36.5 Å². The fourth-order valence-corrected chi connectivity index (χ4v) is 17.8.